The second-order valence-corrected chi connectivity index (χ2v) is 3.67. The summed E-state index contributed by atoms with van der Waals surface area (Å²) in [5.41, 5.74) is 6.42. The molecule has 1 heterocycles. The number of aliphatic carboxylic acids is 1. The van der Waals surface area contributed by atoms with Crippen molar-refractivity contribution in [1.29, 1.82) is 0 Å². The molecule has 1 aliphatic rings. The van der Waals surface area contributed by atoms with Gasteiger partial charge in [-0.1, -0.05) is 6.07 Å². The van der Waals surface area contributed by atoms with Gasteiger partial charge in [0.1, 0.15) is 6.04 Å². The lowest BCUT2D eigenvalue weighted by Crippen LogP contribution is -2.30. The van der Waals surface area contributed by atoms with Gasteiger partial charge >= 0.3 is 5.97 Å². The van der Waals surface area contributed by atoms with Crippen molar-refractivity contribution in [3.05, 3.63) is 23.8 Å². The van der Waals surface area contributed by atoms with Crippen molar-refractivity contribution >= 4 is 5.97 Å². The highest BCUT2D eigenvalue weighted by atomic mass is 16.7. The average molecular weight is 223 g/mol. The van der Waals surface area contributed by atoms with Crippen molar-refractivity contribution in [1.82, 2.24) is 0 Å². The van der Waals surface area contributed by atoms with Gasteiger partial charge in [-0.05, 0) is 30.5 Å². The zero-order valence-electron chi connectivity index (χ0n) is 8.68. The molecule has 5 heteroatoms. The first-order chi connectivity index (χ1) is 7.66. The van der Waals surface area contributed by atoms with Gasteiger partial charge in [-0.3, -0.25) is 4.79 Å². The minimum atomic E-state index is -0.972. The Balaban J connectivity index is 1.98. The van der Waals surface area contributed by atoms with Gasteiger partial charge < -0.3 is 20.3 Å². The molecule has 2 rings (SSSR count). The van der Waals surface area contributed by atoms with E-state index in [0.29, 0.717) is 18.6 Å². The minimum absolute atomic E-state index is 0.243. The number of hydrogen-bond acceptors (Lipinski definition) is 4. The number of nitrogens with two attached hydrogens (primary N) is 1. The molecule has 1 atom stereocenters. The van der Waals surface area contributed by atoms with Gasteiger partial charge in [0.15, 0.2) is 11.5 Å². The highest BCUT2D eigenvalue weighted by Crippen LogP contribution is 2.32. The molecule has 3 N–H and O–H groups in total. The van der Waals surface area contributed by atoms with E-state index in [2.05, 4.69) is 0 Å². The summed E-state index contributed by atoms with van der Waals surface area (Å²) in [7, 11) is 0. The second-order valence-electron chi connectivity index (χ2n) is 3.67. The Morgan fingerprint density at radius 3 is 2.94 bits per heavy atom. The normalized spacial score (nSPS) is 14.8. The summed E-state index contributed by atoms with van der Waals surface area (Å²) in [5.74, 6) is 0.466. The number of hydrogen-bond donors (Lipinski definition) is 2. The van der Waals surface area contributed by atoms with Gasteiger partial charge in [0.05, 0.1) is 0 Å². The number of fused-ring (bicyclic) bond motifs is 1. The molecule has 0 amide bonds. The van der Waals surface area contributed by atoms with Crippen LogP contribution in [0.25, 0.3) is 0 Å². The van der Waals surface area contributed by atoms with E-state index in [9.17, 15) is 4.79 Å². The molecule has 0 fully saturated rings. The smallest absolute Gasteiger partial charge is 0.320 e. The van der Waals surface area contributed by atoms with Crippen LogP contribution in [0, 0.1) is 0 Å². The van der Waals surface area contributed by atoms with Crippen molar-refractivity contribution < 1.29 is 19.4 Å². The SMILES string of the molecule is N[C@@H](CCc1ccc2c(c1)OCO2)C(=O)O. The zero-order valence-corrected chi connectivity index (χ0v) is 8.68. The first-order valence-electron chi connectivity index (χ1n) is 5.04. The molecule has 0 bridgehead atoms. The van der Waals surface area contributed by atoms with Crippen molar-refractivity contribution in [2.24, 2.45) is 5.73 Å². The van der Waals surface area contributed by atoms with Crippen LogP contribution >= 0.6 is 0 Å². The number of benzene rings is 1. The van der Waals surface area contributed by atoms with E-state index in [1.807, 2.05) is 18.2 Å². The van der Waals surface area contributed by atoms with Gasteiger partial charge in [-0.15, -0.1) is 0 Å². The molecule has 0 saturated heterocycles. The second kappa shape index (κ2) is 4.40. The van der Waals surface area contributed by atoms with Crippen molar-refractivity contribution in [3.63, 3.8) is 0 Å². The summed E-state index contributed by atoms with van der Waals surface area (Å²) in [6, 6.07) is 4.76. The number of aryl methyl sites for hydroxylation is 1. The van der Waals surface area contributed by atoms with Crippen LogP contribution in [0.15, 0.2) is 18.2 Å². The van der Waals surface area contributed by atoms with Crippen LogP contribution in [0.4, 0.5) is 0 Å². The van der Waals surface area contributed by atoms with E-state index >= 15 is 0 Å². The van der Waals surface area contributed by atoms with E-state index in [-0.39, 0.29) is 6.79 Å². The Hall–Kier alpha value is -1.75. The topological polar surface area (TPSA) is 81.8 Å². The molecular weight excluding hydrogens is 210 g/mol. The molecule has 0 saturated carbocycles. The lowest BCUT2D eigenvalue weighted by Gasteiger charge is -2.06. The number of ether oxygens (including phenoxy) is 2. The van der Waals surface area contributed by atoms with E-state index in [1.54, 1.807) is 0 Å². The summed E-state index contributed by atoms with van der Waals surface area (Å²) in [6.45, 7) is 0.243. The summed E-state index contributed by atoms with van der Waals surface area (Å²) >= 11 is 0. The number of rotatable bonds is 4. The lowest BCUT2D eigenvalue weighted by molar-refractivity contribution is -0.138. The first kappa shape index (κ1) is 10.8. The molecule has 1 aliphatic heterocycles. The third-order valence-corrected chi connectivity index (χ3v) is 2.50. The molecule has 0 unspecified atom stereocenters. The zero-order chi connectivity index (χ0) is 11.5. The Bertz CT molecular complexity index is 405. The van der Waals surface area contributed by atoms with Crippen LogP contribution in [0.3, 0.4) is 0 Å². The Morgan fingerprint density at radius 1 is 1.44 bits per heavy atom. The predicted molar refractivity (Wildman–Crippen MR) is 56.5 cm³/mol. The fraction of sp³-hybridized carbons (Fsp3) is 0.364. The third kappa shape index (κ3) is 2.25. The van der Waals surface area contributed by atoms with E-state index in [4.69, 9.17) is 20.3 Å². The Labute approximate surface area is 92.8 Å². The summed E-state index contributed by atoms with van der Waals surface area (Å²) in [5, 5.41) is 8.65. The van der Waals surface area contributed by atoms with E-state index in [1.165, 1.54) is 0 Å². The van der Waals surface area contributed by atoms with Crippen LogP contribution in [-0.2, 0) is 11.2 Å². The van der Waals surface area contributed by atoms with E-state index in [0.717, 1.165) is 11.3 Å². The third-order valence-electron chi connectivity index (χ3n) is 2.50. The molecule has 16 heavy (non-hydrogen) atoms. The van der Waals surface area contributed by atoms with Crippen LogP contribution in [0.2, 0.25) is 0 Å². The highest BCUT2D eigenvalue weighted by Gasteiger charge is 2.15. The quantitative estimate of drug-likeness (QED) is 0.787. The summed E-state index contributed by atoms with van der Waals surface area (Å²) in [6.07, 6.45) is 1.03. The minimum Gasteiger partial charge on any atom is -0.480 e. The maximum absolute atomic E-state index is 10.5. The molecule has 0 aromatic heterocycles. The van der Waals surface area contributed by atoms with Gasteiger partial charge in [-0.2, -0.15) is 0 Å². The van der Waals surface area contributed by atoms with E-state index < -0.39 is 12.0 Å². The summed E-state index contributed by atoms with van der Waals surface area (Å²) in [4.78, 5) is 10.5. The molecule has 1 aromatic rings. The molecule has 0 radical (unpaired) electrons. The monoisotopic (exact) mass is 223 g/mol. The van der Waals surface area contributed by atoms with Crippen LogP contribution in [-0.4, -0.2) is 23.9 Å². The molecule has 5 nitrogen and oxygen atoms in total. The largest absolute Gasteiger partial charge is 0.480 e. The number of carboxylic acids is 1. The van der Waals surface area contributed by atoms with Gasteiger partial charge in [0.25, 0.3) is 0 Å². The van der Waals surface area contributed by atoms with Gasteiger partial charge in [0, 0.05) is 0 Å². The lowest BCUT2D eigenvalue weighted by atomic mass is 10.1. The van der Waals surface area contributed by atoms with Crippen LogP contribution in [0.5, 0.6) is 11.5 Å². The molecule has 86 valence electrons. The maximum atomic E-state index is 10.5. The fourth-order valence-corrected chi connectivity index (χ4v) is 1.54. The van der Waals surface area contributed by atoms with Crippen molar-refractivity contribution in [3.8, 4) is 11.5 Å². The molecule has 1 aromatic carbocycles. The molecular formula is C11H13NO4. The summed E-state index contributed by atoms with van der Waals surface area (Å²) < 4.78 is 10.4. The Morgan fingerprint density at radius 2 is 2.19 bits per heavy atom. The standard InChI is InChI=1S/C11H13NO4/c12-8(11(13)14)3-1-7-2-4-9-10(5-7)16-6-15-9/h2,4-5,8H,1,3,6,12H2,(H,13,14)/t8-/m0/s1. The molecule has 0 aliphatic carbocycles. The average Bonchev–Trinajstić information content (AvgIpc) is 2.72. The maximum Gasteiger partial charge on any atom is 0.320 e. The number of carbonyl (C=O) groups is 1. The van der Waals surface area contributed by atoms with Crippen molar-refractivity contribution in [2.75, 3.05) is 6.79 Å². The van der Waals surface area contributed by atoms with Crippen molar-refractivity contribution in [2.45, 2.75) is 18.9 Å². The van der Waals surface area contributed by atoms with Gasteiger partial charge in [-0.25, -0.2) is 0 Å². The first-order valence-corrected chi connectivity index (χ1v) is 5.04. The molecule has 0 spiro atoms. The van der Waals surface area contributed by atoms with Gasteiger partial charge in [0.2, 0.25) is 6.79 Å². The van der Waals surface area contributed by atoms with Crippen LogP contribution in [0.1, 0.15) is 12.0 Å². The highest BCUT2D eigenvalue weighted by molar-refractivity contribution is 5.73. The fourth-order valence-electron chi connectivity index (χ4n) is 1.54. The Kier molecular flexibility index (Phi) is 2.96. The number of carboxylic acid groups (broad SMARTS) is 1. The van der Waals surface area contributed by atoms with Crippen LogP contribution < -0.4 is 15.2 Å². The predicted octanol–water partition coefficient (Wildman–Crippen LogP) is 0.760.